The Morgan fingerprint density at radius 1 is 1.30 bits per heavy atom. The van der Waals surface area contributed by atoms with Crippen LogP contribution in [0, 0.1) is 0 Å². The minimum Gasteiger partial charge on any atom is -0.481 e. The van der Waals surface area contributed by atoms with Crippen LogP contribution in [-0.4, -0.2) is 52.1 Å². The van der Waals surface area contributed by atoms with Crippen molar-refractivity contribution < 1.29 is 14.7 Å². The lowest BCUT2D eigenvalue weighted by Gasteiger charge is -2.28. The Hall–Kier alpha value is -0.910. The lowest BCUT2D eigenvalue weighted by Crippen LogP contribution is -2.47. The van der Waals surface area contributed by atoms with E-state index in [2.05, 4.69) is 12.2 Å². The lowest BCUT2D eigenvalue weighted by molar-refractivity contribution is -0.137. The number of nitrogens with zero attached hydrogens (tertiary/aromatic N) is 1. The van der Waals surface area contributed by atoms with Crippen LogP contribution in [0.3, 0.4) is 0 Å². The predicted molar refractivity (Wildman–Crippen MR) is 84.3 cm³/mol. The summed E-state index contributed by atoms with van der Waals surface area (Å²) < 4.78 is 0. The first-order valence-corrected chi connectivity index (χ1v) is 8.40. The van der Waals surface area contributed by atoms with Gasteiger partial charge >= 0.3 is 12.0 Å². The van der Waals surface area contributed by atoms with Gasteiger partial charge in [0.25, 0.3) is 0 Å². The third kappa shape index (κ3) is 9.07. The van der Waals surface area contributed by atoms with Crippen LogP contribution in [0.5, 0.6) is 0 Å². The average Bonchev–Trinajstić information content (AvgIpc) is 2.33. The third-order valence-corrected chi connectivity index (χ3v) is 3.88. The minimum absolute atomic E-state index is 0.0704. The van der Waals surface area contributed by atoms with Crippen LogP contribution in [-0.2, 0) is 4.79 Å². The fourth-order valence-corrected chi connectivity index (χ4v) is 2.57. The van der Waals surface area contributed by atoms with Crippen molar-refractivity contribution in [2.75, 3.05) is 18.1 Å². The van der Waals surface area contributed by atoms with Crippen molar-refractivity contribution in [1.82, 2.24) is 10.2 Å². The SMILES string of the molecule is CCSCCC(C)NC(=O)N(CCCC(=O)O)C(C)C. The molecule has 2 N–H and O–H groups in total. The molecule has 0 spiro atoms. The van der Waals surface area contributed by atoms with E-state index in [1.807, 2.05) is 32.5 Å². The molecule has 0 aromatic rings. The Morgan fingerprint density at radius 3 is 2.45 bits per heavy atom. The number of carboxylic acid groups (broad SMARTS) is 1. The predicted octanol–water partition coefficient (Wildman–Crippen LogP) is 2.80. The van der Waals surface area contributed by atoms with Gasteiger partial charge in [-0.25, -0.2) is 4.79 Å². The summed E-state index contributed by atoms with van der Waals surface area (Å²) in [6.07, 6.45) is 1.53. The molecule has 2 amide bonds. The molecule has 6 heteroatoms. The first kappa shape index (κ1) is 19.1. The average molecular weight is 304 g/mol. The van der Waals surface area contributed by atoms with Crippen LogP contribution in [0.25, 0.3) is 0 Å². The molecule has 0 saturated carbocycles. The number of nitrogens with one attached hydrogen (secondary N) is 1. The van der Waals surface area contributed by atoms with Crippen molar-refractivity contribution in [3.63, 3.8) is 0 Å². The van der Waals surface area contributed by atoms with Crippen LogP contribution in [0.2, 0.25) is 0 Å². The summed E-state index contributed by atoms with van der Waals surface area (Å²) in [6.45, 7) is 8.49. The number of thioether (sulfide) groups is 1. The molecule has 0 aliphatic rings. The van der Waals surface area contributed by atoms with Crippen molar-refractivity contribution in [1.29, 1.82) is 0 Å². The van der Waals surface area contributed by atoms with Crippen LogP contribution in [0.4, 0.5) is 4.79 Å². The highest BCUT2D eigenvalue weighted by Gasteiger charge is 2.18. The van der Waals surface area contributed by atoms with Gasteiger partial charge in [-0.05, 0) is 45.1 Å². The van der Waals surface area contributed by atoms with E-state index in [1.165, 1.54) is 0 Å². The Morgan fingerprint density at radius 2 is 1.95 bits per heavy atom. The molecule has 0 aromatic carbocycles. The summed E-state index contributed by atoms with van der Waals surface area (Å²) in [5.74, 6) is 1.31. The van der Waals surface area contributed by atoms with E-state index in [0.29, 0.717) is 13.0 Å². The smallest absolute Gasteiger partial charge is 0.317 e. The van der Waals surface area contributed by atoms with Gasteiger partial charge in [0.1, 0.15) is 0 Å². The van der Waals surface area contributed by atoms with E-state index in [-0.39, 0.29) is 24.5 Å². The zero-order valence-electron chi connectivity index (χ0n) is 13.0. The molecule has 0 aliphatic heterocycles. The molecule has 0 fully saturated rings. The lowest BCUT2D eigenvalue weighted by atomic mass is 10.2. The van der Waals surface area contributed by atoms with E-state index in [0.717, 1.165) is 17.9 Å². The maximum Gasteiger partial charge on any atom is 0.317 e. The highest BCUT2D eigenvalue weighted by molar-refractivity contribution is 7.99. The van der Waals surface area contributed by atoms with Crippen LogP contribution in [0.1, 0.15) is 47.0 Å². The van der Waals surface area contributed by atoms with Gasteiger partial charge in [-0.2, -0.15) is 11.8 Å². The summed E-state index contributed by atoms with van der Waals surface area (Å²) in [6, 6.07) is 0.114. The maximum absolute atomic E-state index is 12.2. The Kier molecular flexibility index (Phi) is 10.3. The van der Waals surface area contributed by atoms with E-state index in [4.69, 9.17) is 5.11 Å². The number of urea groups is 1. The molecule has 0 radical (unpaired) electrons. The molecule has 1 atom stereocenters. The number of hydrogen-bond acceptors (Lipinski definition) is 3. The Labute approximate surface area is 126 Å². The molecule has 0 rings (SSSR count). The van der Waals surface area contributed by atoms with Crippen LogP contribution >= 0.6 is 11.8 Å². The number of rotatable bonds is 10. The normalized spacial score (nSPS) is 12.2. The van der Waals surface area contributed by atoms with Gasteiger partial charge in [-0.1, -0.05) is 6.92 Å². The number of carbonyl (C=O) groups excluding carboxylic acids is 1. The number of hydrogen-bond donors (Lipinski definition) is 2. The van der Waals surface area contributed by atoms with Crippen molar-refractivity contribution >= 4 is 23.8 Å². The second kappa shape index (κ2) is 10.8. The first-order chi connectivity index (χ1) is 9.38. The fraction of sp³-hybridized carbons (Fsp3) is 0.857. The standard InChI is InChI=1S/C14H28N2O3S/c1-5-20-10-8-12(4)15-14(19)16(11(2)3)9-6-7-13(17)18/h11-12H,5-10H2,1-4H3,(H,15,19)(H,17,18). The molecule has 1 unspecified atom stereocenters. The highest BCUT2D eigenvalue weighted by Crippen LogP contribution is 2.06. The van der Waals surface area contributed by atoms with Gasteiger partial charge in [-0.3, -0.25) is 4.79 Å². The number of carbonyl (C=O) groups is 2. The summed E-state index contributed by atoms with van der Waals surface area (Å²) >= 11 is 1.87. The van der Waals surface area contributed by atoms with E-state index in [1.54, 1.807) is 4.90 Å². The summed E-state index contributed by atoms with van der Waals surface area (Å²) in [7, 11) is 0. The molecule has 0 bridgehead atoms. The Balaban J connectivity index is 4.17. The second-order valence-electron chi connectivity index (χ2n) is 5.12. The van der Waals surface area contributed by atoms with Crippen molar-refractivity contribution in [3.05, 3.63) is 0 Å². The topological polar surface area (TPSA) is 69.6 Å². The molecule has 5 nitrogen and oxygen atoms in total. The molecule has 0 heterocycles. The largest absolute Gasteiger partial charge is 0.481 e. The van der Waals surface area contributed by atoms with Crippen LogP contribution in [0.15, 0.2) is 0 Å². The fourth-order valence-electron chi connectivity index (χ4n) is 1.77. The van der Waals surface area contributed by atoms with E-state index < -0.39 is 5.97 Å². The summed E-state index contributed by atoms with van der Waals surface area (Å²) in [5.41, 5.74) is 0. The Bertz CT molecular complexity index is 298. The zero-order valence-corrected chi connectivity index (χ0v) is 13.8. The van der Waals surface area contributed by atoms with Crippen molar-refractivity contribution in [2.45, 2.75) is 59.0 Å². The quantitative estimate of drug-likeness (QED) is 0.609. The van der Waals surface area contributed by atoms with Gasteiger partial charge in [0.15, 0.2) is 0 Å². The minimum atomic E-state index is -0.820. The molecule has 0 aliphatic carbocycles. The number of carboxylic acids is 1. The molecular formula is C14H28N2O3S. The van der Waals surface area contributed by atoms with Crippen LogP contribution < -0.4 is 5.32 Å². The van der Waals surface area contributed by atoms with E-state index in [9.17, 15) is 9.59 Å². The third-order valence-electron chi connectivity index (χ3n) is 2.94. The maximum atomic E-state index is 12.2. The summed E-state index contributed by atoms with van der Waals surface area (Å²) in [4.78, 5) is 24.4. The van der Waals surface area contributed by atoms with Gasteiger partial charge in [0.05, 0.1) is 0 Å². The monoisotopic (exact) mass is 304 g/mol. The first-order valence-electron chi connectivity index (χ1n) is 7.25. The second-order valence-corrected chi connectivity index (χ2v) is 6.51. The molecule has 0 aromatic heterocycles. The zero-order chi connectivity index (χ0) is 15.5. The molecule has 20 heavy (non-hydrogen) atoms. The molecule has 0 saturated heterocycles. The van der Waals surface area contributed by atoms with Gasteiger partial charge in [0, 0.05) is 25.0 Å². The van der Waals surface area contributed by atoms with Gasteiger partial charge < -0.3 is 15.3 Å². The van der Waals surface area contributed by atoms with E-state index >= 15 is 0 Å². The van der Waals surface area contributed by atoms with Crippen molar-refractivity contribution in [3.8, 4) is 0 Å². The summed E-state index contributed by atoms with van der Waals surface area (Å²) in [5, 5.41) is 11.6. The van der Waals surface area contributed by atoms with Gasteiger partial charge in [0.2, 0.25) is 0 Å². The van der Waals surface area contributed by atoms with Gasteiger partial charge in [-0.15, -0.1) is 0 Å². The highest BCUT2D eigenvalue weighted by atomic mass is 32.2. The van der Waals surface area contributed by atoms with Crippen molar-refractivity contribution in [2.24, 2.45) is 0 Å². The molecular weight excluding hydrogens is 276 g/mol. The number of aliphatic carboxylic acids is 1. The molecule has 118 valence electrons. The number of amides is 2.